The molecule has 0 aliphatic rings. The normalized spacial score (nSPS) is 12.0. The van der Waals surface area contributed by atoms with Crippen molar-refractivity contribution in [3.63, 3.8) is 0 Å². The molecular weight excluding hydrogens is 374 g/mol. The maximum absolute atomic E-state index is 12.7. The van der Waals surface area contributed by atoms with E-state index in [0.717, 1.165) is 0 Å². The fourth-order valence-electron chi connectivity index (χ4n) is 2.56. The van der Waals surface area contributed by atoms with Crippen LogP contribution in [0.15, 0.2) is 60.7 Å². The molecular formula is C22H25NO6. The number of carbonyl (C=O) groups is 3. The van der Waals surface area contributed by atoms with E-state index in [1.54, 1.807) is 75.4 Å². The van der Waals surface area contributed by atoms with Gasteiger partial charge in [0, 0.05) is 6.42 Å². The quantitative estimate of drug-likeness (QED) is 0.780. The molecule has 2 amide bonds. The van der Waals surface area contributed by atoms with E-state index in [9.17, 15) is 19.5 Å². The van der Waals surface area contributed by atoms with Gasteiger partial charge in [0.1, 0.15) is 18.2 Å². The van der Waals surface area contributed by atoms with Crippen molar-refractivity contribution in [1.82, 2.24) is 4.90 Å². The second-order valence-corrected chi connectivity index (χ2v) is 7.43. The summed E-state index contributed by atoms with van der Waals surface area (Å²) in [4.78, 5) is 37.9. The van der Waals surface area contributed by atoms with Crippen LogP contribution in [0.2, 0.25) is 0 Å². The molecule has 0 bridgehead atoms. The van der Waals surface area contributed by atoms with E-state index in [0.29, 0.717) is 16.0 Å². The van der Waals surface area contributed by atoms with Gasteiger partial charge in [-0.05, 0) is 31.9 Å². The average molecular weight is 399 g/mol. The summed E-state index contributed by atoms with van der Waals surface area (Å²) in [6.07, 6.45) is -2.22. The van der Waals surface area contributed by atoms with Crippen molar-refractivity contribution in [3.8, 4) is 0 Å². The van der Waals surface area contributed by atoms with Crippen molar-refractivity contribution in [3.05, 3.63) is 71.8 Å². The van der Waals surface area contributed by atoms with E-state index in [1.807, 2.05) is 6.07 Å². The molecule has 0 saturated carbocycles. The number of nitrogens with zero attached hydrogens (tertiary/aromatic N) is 1. The van der Waals surface area contributed by atoms with Crippen molar-refractivity contribution in [2.24, 2.45) is 0 Å². The first-order valence-electron chi connectivity index (χ1n) is 9.17. The average Bonchev–Trinajstić information content (AvgIpc) is 2.66. The van der Waals surface area contributed by atoms with Crippen LogP contribution in [0.5, 0.6) is 0 Å². The first kappa shape index (κ1) is 21.9. The molecule has 0 saturated heterocycles. The Hall–Kier alpha value is -3.35. The molecule has 0 fully saturated rings. The number of aliphatic carboxylic acids is 1. The Kier molecular flexibility index (Phi) is 7.36. The predicted octanol–water partition coefficient (Wildman–Crippen LogP) is 4.26. The smallest absolute Gasteiger partial charge is 0.420 e. The van der Waals surface area contributed by atoms with Crippen molar-refractivity contribution >= 4 is 18.2 Å². The maximum atomic E-state index is 12.7. The van der Waals surface area contributed by atoms with Crippen molar-refractivity contribution in [2.45, 2.75) is 45.4 Å². The Bertz CT molecular complexity index is 829. The molecule has 0 spiro atoms. The highest BCUT2D eigenvalue weighted by molar-refractivity contribution is 5.93. The summed E-state index contributed by atoms with van der Waals surface area (Å²) in [5.74, 6) is -1.34. The SMILES string of the molecule is CC(C)(C)OC(=O)N(C(=O)OCc1ccccc1)[C@@H](Cc1ccccc1)C(=O)O. The second kappa shape index (κ2) is 9.73. The van der Waals surface area contributed by atoms with Gasteiger partial charge >= 0.3 is 18.2 Å². The lowest BCUT2D eigenvalue weighted by atomic mass is 10.1. The molecule has 0 radical (unpaired) electrons. The van der Waals surface area contributed by atoms with Crippen LogP contribution in [0.3, 0.4) is 0 Å². The Morgan fingerprint density at radius 2 is 1.41 bits per heavy atom. The zero-order valence-electron chi connectivity index (χ0n) is 16.7. The van der Waals surface area contributed by atoms with Gasteiger partial charge in [0.2, 0.25) is 0 Å². The van der Waals surface area contributed by atoms with E-state index in [-0.39, 0.29) is 13.0 Å². The van der Waals surface area contributed by atoms with Crippen LogP contribution in [0, 0.1) is 0 Å². The van der Waals surface area contributed by atoms with Crippen molar-refractivity contribution in [2.75, 3.05) is 0 Å². The van der Waals surface area contributed by atoms with Crippen LogP contribution in [0.1, 0.15) is 31.9 Å². The molecule has 7 heteroatoms. The molecule has 29 heavy (non-hydrogen) atoms. The topological polar surface area (TPSA) is 93.1 Å². The standard InChI is InChI=1S/C22H25NO6/c1-22(2,3)29-21(27)23(20(26)28-15-17-12-8-5-9-13-17)18(19(24)25)14-16-10-6-4-7-11-16/h4-13,18H,14-15H2,1-3H3,(H,24,25)/t18-/m0/s1. The zero-order valence-corrected chi connectivity index (χ0v) is 16.7. The summed E-state index contributed by atoms with van der Waals surface area (Å²) in [6, 6.07) is 16.1. The third kappa shape index (κ3) is 6.95. The lowest BCUT2D eigenvalue weighted by molar-refractivity contribution is -0.142. The predicted molar refractivity (Wildman–Crippen MR) is 106 cm³/mol. The van der Waals surface area contributed by atoms with Gasteiger partial charge in [-0.25, -0.2) is 14.4 Å². The zero-order chi connectivity index (χ0) is 21.4. The first-order chi connectivity index (χ1) is 13.7. The second-order valence-electron chi connectivity index (χ2n) is 7.43. The van der Waals surface area contributed by atoms with Gasteiger partial charge in [0.05, 0.1) is 0 Å². The number of carboxylic acids is 1. The van der Waals surface area contributed by atoms with Gasteiger partial charge in [0.15, 0.2) is 0 Å². The highest BCUT2D eigenvalue weighted by Crippen LogP contribution is 2.17. The number of benzene rings is 2. The van der Waals surface area contributed by atoms with E-state index in [1.165, 1.54) is 0 Å². The highest BCUT2D eigenvalue weighted by Gasteiger charge is 2.39. The van der Waals surface area contributed by atoms with Crippen LogP contribution in [0.4, 0.5) is 9.59 Å². The molecule has 2 rings (SSSR count). The Morgan fingerprint density at radius 1 is 0.897 bits per heavy atom. The third-order valence-electron chi connectivity index (χ3n) is 3.86. The van der Waals surface area contributed by atoms with Crippen molar-refractivity contribution in [1.29, 1.82) is 0 Å². The minimum Gasteiger partial charge on any atom is -0.480 e. The minimum atomic E-state index is -1.48. The van der Waals surface area contributed by atoms with Crippen molar-refractivity contribution < 1.29 is 29.0 Å². The number of hydrogen-bond acceptors (Lipinski definition) is 5. The van der Waals surface area contributed by atoms with Gasteiger partial charge in [-0.2, -0.15) is 4.90 Å². The fraction of sp³-hybridized carbons (Fsp3) is 0.318. The molecule has 1 N–H and O–H groups in total. The first-order valence-corrected chi connectivity index (χ1v) is 9.17. The summed E-state index contributed by atoms with van der Waals surface area (Å²) in [5, 5.41) is 9.73. The molecule has 0 unspecified atom stereocenters. The summed E-state index contributed by atoms with van der Waals surface area (Å²) in [5.41, 5.74) is 0.453. The maximum Gasteiger partial charge on any atom is 0.420 e. The fourth-order valence-corrected chi connectivity index (χ4v) is 2.56. The number of hydrogen-bond donors (Lipinski definition) is 1. The number of amides is 2. The summed E-state index contributed by atoms with van der Waals surface area (Å²) in [6.45, 7) is 4.79. The summed E-state index contributed by atoms with van der Waals surface area (Å²) < 4.78 is 10.5. The molecule has 0 heterocycles. The van der Waals surface area contributed by atoms with Crippen LogP contribution in [-0.2, 0) is 27.3 Å². The van der Waals surface area contributed by atoms with E-state index in [4.69, 9.17) is 9.47 Å². The largest absolute Gasteiger partial charge is 0.480 e. The monoisotopic (exact) mass is 399 g/mol. The number of imide groups is 1. The molecule has 1 atom stereocenters. The molecule has 2 aromatic carbocycles. The number of rotatable bonds is 6. The van der Waals surface area contributed by atoms with E-state index in [2.05, 4.69) is 0 Å². The van der Waals surface area contributed by atoms with E-state index < -0.39 is 29.8 Å². The molecule has 2 aromatic rings. The lowest BCUT2D eigenvalue weighted by Crippen LogP contribution is -2.51. The van der Waals surface area contributed by atoms with Gasteiger partial charge in [-0.3, -0.25) is 0 Å². The van der Waals surface area contributed by atoms with E-state index >= 15 is 0 Å². The summed E-state index contributed by atoms with van der Waals surface area (Å²) in [7, 11) is 0. The lowest BCUT2D eigenvalue weighted by Gasteiger charge is -2.29. The van der Waals surface area contributed by atoms with Gasteiger partial charge in [-0.15, -0.1) is 0 Å². The number of carboxylic acid groups (broad SMARTS) is 1. The third-order valence-corrected chi connectivity index (χ3v) is 3.86. The molecule has 0 aliphatic carbocycles. The summed E-state index contributed by atoms with van der Waals surface area (Å²) >= 11 is 0. The molecule has 0 aromatic heterocycles. The van der Waals surface area contributed by atoms with Crippen LogP contribution in [-0.4, -0.2) is 39.8 Å². The van der Waals surface area contributed by atoms with Crippen LogP contribution >= 0.6 is 0 Å². The van der Waals surface area contributed by atoms with Crippen LogP contribution in [0.25, 0.3) is 0 Å². The molecule has 0 aliphatic heterocycles. The number of carbonyl (C=O) groups excluding carboxylic acids is 2. The Balaban J connectivity index is 2.26. The molecule has 7 nitrogen and oxygen atoms in total. The van der Waals surface area contributed by atoms with Crippen LogP contribution < -0.4 is 0 Å². The molecule has 154 valence electrons. The Morgan fingerprint density at radius 3 is 1.90 bits per heavy atom. The number of ether oxygens (including phenoxy) is 2. The minimum absolute atomic E-state index is 0.0736. The Labute approximate surface area is 169 Å². The van der Waals surface area contributed by atoms with Gasteiger partial charge in [-0.1, -0.05) is 60.7 Å². The van der Waals surface area contributed by atoms with Gasteiger partial charge < -0.3 is 14.6 Å². The van der Waals surface area contributed by atoms with Gasteiger partial charge in [0.25, 0.3) is 0 Å². The highest BCUT2D eigenvalue weighted by atomic mass is 16.6.